The standard InChI is InChI=1S/C19H17F3N6O3/c1-26-15-14(17(30)27(2)18(26)31)10(19(20,21)22)8-11(25-15)13-4-3-7-28(13)16(29)12-9-23-5-6-24-12/h5-6,8-9,13H,3-4,7H2,1-2H3/t13-/m0/s1. The molecule has 0 N–H and O–H groups in total. The summed E-state index contributed by atoms with van der Waals surface area (Å²) in [6.45, 7) is 0.302. The van der Waals surface area contributed by atoms with Crippen molar-refractivity contribution in [3.8, 4) is 0 Å². The lowest BCUT2D eigenvalue weighted by atomic mass is 10.0. The molecule has 0 bridgehead atoms. The zero-order chi connectivity index (χ0) is 22.5. The first-order valence-corrected chi connectivity index (χ1v) is 9.36. The first-order chi connectivity index (χ1) is 14.6. The van der Waals surface area contributed by atoms with Gasteiger partial charge in [0.2, 0.25) is 0 Å². The van der Waals surface area contributed by atoms with Crippen LogP contribution in [0.2, 0.25) is 0 Å². The second-order valence-corrected chi connectivity index (χ2v) is 7.24. The summed E-state index contributed by atoms with van der Waals surface area (Å²) < 4.78 is 43.2. The van der Waals surface area contributed by atoms with Crippen LogP contribution in [0.15, 0.2) is 34.2 Å². The number of carbonyl (C=O) groups excluding carboxylic acids is 1. The zero-order valence-corrected chi connectivity index (χ0v) is 16.5. The number of hydrogen-bond acceptors (Lipinski definition) is 6. The Hall–Kier alpha value is -3.57. The van der Waals surface area contributed by atoms with Gasteiger partial charge in [0, 0.05) is 33.0 Å². The highest BCUT2D eigenvalue weighted by atomic mass is 19.4. The van der Waals surface area contributed by atoms with Gasteiger partial charge in [0.25, 0.3) is 11.5 Å². The van der Waals surface area contributed by atoms with Crippen LogP contribution in [0.3, 0.4) is 0 Å². The quantitative estimate of drug-likeness (QED) is 0.605. The molecule has 1 amide bonds. The summed E-state index contributed by atoms with van der Waals surface area (Å²) in [6.07, 6.45) is 0.0887. The zero-order valence-electron chi connectivity index (χ0n) is 16.5. The molecule has 0 aliphatic carbocycles. The molecule has 1 aliphatic heterocycles. The molecule has 162 valence electrons. The van der Waals surface area contributed by atoms with Crippen LogP contribution in [0.4, 0.5) is 13.2 Å². The average molecular weight is 434 g/mol. The second-order valence-electron chi connectivity index (χ2n) is 7.24. The Balaban J connectivity index is 1.93. The second kappa shape index (κ2) is 7.29. The van der Waals surface area contributed by atoms with E-state index in [1.807, 2.05) is 0 Å². The third kappa shape index (κ3) is 3.37. The average Bonchev–Trinajstić information content (AvgIpc) is 3.24. The monoisotopic (exact) mass is 434 g/mol. The number of fused-ring (bicyclic) bond motifs is 1. The third-order valence-electron chi connectivity index (χ3n) is 5.37. The van der Waals surface area contributed by atoms with E-state index >= 15 is 0 Å². The number of rotatable bonds is 2. The van der Waals surface area contributed by atoms with E-state index < -0.39 is 40.3 Å². The van der Waals surface area contributed by atoms with Crippen molar-refractivity contribution >= 4 is 16.9 Å². The Kier molecular flexibility index (Phi) is 4.86. The molecule has 4 rings (SSSR count). The van der Waals surface area contributed by atoms with Gasteiger partial charge >= 0.3 is 11.9 Å². The van der Waals surface area contributed by atoms with Crippen LogP contribution in [0, 0.1) is 0 Å². The highest BCUT2D eigenvalue weighted by Crippen LogP contribution is 2.38. The molecule has 1 atom stereocenters. The fourth-order valence-electron chi connectivity index (χ4n) is 3.84. The molecule has 0 saturated carbocycles. The van der Waals surface area contributed by atoms with Gasteiger partial charge in [0.05, 0.1) is 28.9 Å². The largest absolute Gasteiger partial charge is 0.417 e. The number of aromatic nitrogens is 5. The summed E-state index contributed by atoms with van der Waals surface area (Å²) in [5.41, 5.74) is -3.43. The van der Waals surface area contributed by atoms with E-state index in [4.69, 9.17) is 0 Å². The maximum Gasteiger partial charge on any atom is 0.417 e. The summed E-state index contributed by atoms with van der Waals surface area (Å²) in [6, 6.07) is 0.0281. The fraction of sp³-hybridized carbons (Fsp3) is 0.368. The smallest absolute Gasteiger partial charge is 0.329 e. The van der Waals surface area contributed by atoms with Gasteiger partial charge in [-0.05, 0) is 18.9 Å². The van der Waals surface area contributed by atoms with Crippen molar-refractivity contribution in [3.63, 3.8) is 0 Å². The topological polar surface area (TPSA) is 103 Å². The lowest BCUT2D eigenvalue weighted by molar-refractivity contribution is -0.136. The number of likely N-dealkylation sites (tertiary alicyclic amines) is 1. The molecule has 3 aromatic heterocycles. The number of pyridine rings is 1. The van der Waals surface area contributed by atoms with Gasteiger partial charge in [0.1, 0.15) is 11.3 Å². The van der Waals surface area contributed by atoms with Crippen molar-refractivity contribution in [3.05, 3.63) is 62.4 Å². The number of nitrogens with zero attached hydrogens (tertiary/aromatic N) is 6. The minimum Gasteiger partial charge on any atom is -0.329 e. The van der Waals surface area contributed by atoms with Gasteiger partial charge in [-0.15, -0.1) is 0 Å². The molecule has 12 heteroatoms. The Morgan fingerprint density at radius 1 is 1.16 bits per heavy atom. The Morgan fingerprint density at radius 2 is 1.90 bits per heavy atom. The van der Waals surface area contributed by atoms with Gasteiger partial charge in [-0.3, -0.25) is 23.7 Å². The molecule has 0 aromatic carbocycles. The van der Waals surface area contributed by atoms with E-state index in [9.17, 15) is 27.6 Å². The lowest BCUT2D eigenvalue weighted by Gasteiger charge is -2.25. The molecule has 1 fully saturated rings. The minimum atomic E-state index is -4.86. The highest BCUT2D eigenvalue weighted by Gasteiger charge is 2.39. The first kappa shape index (κ1) is 20.7. The molecule has 0 radical (unpaired) electrons. The number of halogens is 3. The van der Waals surface area contributed by atoms with Crippen molar-refractivity contribution in [2.45, 2.75) is 25.1 Å². The van der Waals surface area contributed by atoms with Crippen LogP contribution in [0.25, 0.3) is 11.0 Å². The molecule has 0 spiro atoms. The molecule has 31 heavy (non-hydrogen) atoms. The van der Waals surface area contributed by atoms with Crippen molar-refractivity contribution in [1.29, 1.82) is 0 Å². The molecule has 3 aromatic rings. The molecule has 9 nitrogen and oxygen atoms in total. The van der Waals surface area contributed by atoms with Crippen LogP contribution >= 0.6 is 0 Å². The fourth-order valence-corrected chi connectivity index (χ4v) is 3.84. The predicted molar refractivity (Wildman–Crippen MR) is 102 cm³/mol. The minimum absolute atomic E-state index is 0.0437. The number of carbonyl (C=O) groups is 1. The number of alkyl halides is 3. The van der Waals surface area contributed by atoms with Crippen molar-refractivity contribution < 1.29 is 18.0 Å². The predicted octanol–water partition coefficient (Wildman–Crippen LogP) is 1.42. The summed E-state index contributed by atoms with van der Waals surface area (Å²) in [4.78, 5) is 51.1. The molecule has 1 saturated heterocycles. The third-order valence-corrected chi connectivity index (χ3v) is 5.37. The molecule has 0 unspecified atom stereocenters. The highest BCUT2D eigenvalue weighted by molar-refractivity contribution is 5.92. The summed E-state index contributed by atoms with van der Waals surface area (Å²) in [5.74, 6) is -0.482. The van der Waals surface area contributed by atoms with Gasteiger partial charge in [-0.2, -0.15) is 13.2 Å². The van der Waals surface area contributed by atoms with Gasteiger partial charge in [-0.25, -0.2) is 14.8 Å². The van der Waals surface area contributed by atoms with E-state index in [1.54, 1.807) is 0 Å². The van der Waals surface area contributed by atoms with Crippen molar-refractivity contribution in [2.75, 3.05) is 6.54 Å². The van der Waals surface area contributed by atoms with E-state index in [1.165, 1.54) is 30.5 Å². The van der Waals surface area contributed by atoms with Crippen molar-refractivity contribution in [1.82, 2.24) is 29.0 Å². The van der Waals surface area contributed by atoms with Gasteiger partial charge in [0.15, 0.2) is 0 Å². The molecule has 4 heterocycles. The normalized spacial score (nSPS) is 16.8. The summed E-state index contributed by atoms with van der Waals surface area (Å²) in [7, 11) is 2.36. The molecular formula is C19H17F3N6O3. The van der Waals surface area contributed by atoms with Crippen molar-refractivity contribution in [2.24, 2.45) is 14.1 Å². The van der Waals surface area contributed by atoms with Gasteiger partial charge < -0.3 is 4.90 Å². The Morgan fingerprint density at radius 3 is 2.55 bits per heavy atom. The lowest BCUT2D eigenvalue weighted by Crippen LogP contribution is -2.39. The Labute approximate surface area is 172 Å². The first-order valence-electron chi connectivity index (χ1n) is 9.36. The van der Waals surface area contributed by atoms with E-state index in [0.717, 1.165) is 17.7 Å². The summed E-state index contributed by atoms with van der Waals surface area (Å²) >= 11 is 0. The van der Waals surface area contributed by atoms with Crippen LogP contribution in [-0.4, -0.2) is 41.4 Å². The van der Waals surface area contributed by atoms with E-state index in [0.29, 0.717) is 24.0 Å². The Bertz CT molecular complexity index is 1300. The van der Waals surface area contributed by atoms with E-state index in [-0.39, 0.29) is 17.0 Å². The van der Waals surface area contributed by atoms with Crippen LogP contribution in [0.1, 0.15) is 40.6 Å². The summed E-state index contributed by atoms with van der Waals surface area (Å²) in [5, 5.41) is -0.689. The van der Waals surface area contributed by atoms with E-state index in [2.05, 4.69) is 15.0 Å². The maximum atomic E-state index is 13.9. The van der Waals surface area contributed by atoms with Crippen LogP contribution < -0.4 is 11.2 Å². The SMILES string of the molecule is Cn1c(=O)c2c(C(F)(F)F)cc([C@@H]3CCCN3C(=O)c3cnccn3)nc2n(C)c1=O. The number of hydrogen-bond donors (Lipinski definition) is 0. The van der Waals surface area contributed by atoms with Gasteiger partial charge in [-0.1, -0.05) is 0 Å². The number of aryl methyl sites for hydroxylation is 1. The molecular weight excluding hydrogens is 417 g/mol. The molecule has 1 aliphatic rings. The van der Waals surface area contributed by atoms with Crippen LogP contribution in [0.5, 0.6) is 0 Å². The number of amides is 1. The van der Waals surface area contributed by atoms with Crippen LogP contribution in [-0.2, 0) is 20.3 Å². The maximum absolute atomic E-state index is 13.9.